The number of hydrogen-bond acceptors (Lipinski definition) is 3. The Morgan fingerprint density at radius 1 is 1.26 bits per heavy atom. The standard InChI is InChI=1S/C17H14FN3O2/c1-21-10-13(16(22)12-6-4-7-14(18)15(12)21)17(23)20-9-11-5-2-3-8-19-11/h2-8,10H,9H2,1H3,(H,20,23). The van der Waals surface area contributed by atoms with Gasteiger partial charge in [0.15, 0.2) is 0 Å². The van der Waals surface area contributed by atoms with E-state index in [2.05, 4.69) is 10.3 Å². The summed E-state index contributed by atoms with van der Waals surface area (Å²) in [7, 11) is 1.60. The molecule has 1 aromatic carbocycles. The van der Waals surface area contributed by atoms with E-state index in [-0.39, 0.29) is 23.0 Å². The van der Waals surface area contributed by atoms with Crippen molar-refractivity contribution in [2.24, 2.45) is 7.05 Å². The third-order valence-corrected chi connectivity index (χ3v) is 3.55. The highest BCUT2D eigenvalue weighted by Crippen LogP contribution is 2.14. The highest BCUT2D eigenvalue weighted by Gasteiger charge is 2.16. The molecule has 6 heteroatoms. The number of aryl methyl sites for hydroxylation is 1. The Kier molecular flexibility index (Phi) is 3.89. The second-order valence-corrected chi connectivity index (χ2v) is 5.12. The fourth-order valence-corrected chi connectivity index (χ4v) is 2.45. The largest absolute Gasteiger partial charge is 0.347 e. The molecule has 0 bridgehead atoms. The van der Waals surface area contributed by atoms with Gasteiger partial charge in [-0.3, -0.25) is 14.6 Å². The van der Waals surface area contributed by atoms with Crippen molar-refractivity contribution in [1.29, 1.82) is 0 Å². The molecule has 23 heavy (non-hydrogen) atoms. The van der Waals surface area contributed by atoms with Crippen LogP contribution in [0, 0.1) is 5.82 Å². The van der Waals surface area contributed by atoms with Crippen molar-refractivity contribution in [3.05, 3.63) is 76.1 Å². The van der Waals surface area contributed by atoms with Gasteiger partial charge in [-0.15, -0.1) is 0 Å². The zero-order valence-electron chi connectivity index (χ0n) is 12.4. The summed E-state index contributed by atoms with van der Waals surface area (Å²) in [6, 6.07) is 9.60. The molecule has 0 saturated heterocycles. The van der Waals surface area contributed by atoms with Crippen LogP contribution in [0.2, 0.25) is 0 Å². The van der Waals surface area contributed by atoms with Crippen molar-refractivity contribution in [1.82, 2.24) is 14.9 Å². The zero-order valence-corrected chi connectivity index (χ0v) is 12.4. The number of carbonyl (C=O) groups excluding carboxylic acids is 1. The summed E-state index contributed by atoms with van der Waals surface area (Å²) in [4.78, 5) is 28.8. The molecule has 0 aliphatic rings. The smallest absolute Gasteiger partial charge is 0.257 e. The number of rotatable bonds is 3. The molecule has 2 heterocycles. The number of aromatic nitrogens is 2. The summed E-state index contributed by atoms with van der Waals surface area (Å²) in [6.07, 6.45) is 2.97. The number of nitrogens with zero attached hydrogens (tertiary/aromatic N) is 2. The van der Waals surface area contributed by atoms with Crippen LogP contribution < -0.4 is 10.7 Å². The van der Waals surface area contributed by atoms with Gasteiger partial charge in [-0.25, -0.2) is 4.39 Å². The van der Waals surface area contributed by atoms with Gasteiger partial charge in [0.05, 0.1) is 17.8 Å². The van der Waals surface area contributed by atoms with E-state index in [4.69, 9.17) is 0 Å². The van der Waals surface area contributed by atoms with E-state index in [1.807, 2.05) is 6.07 Å². The van der Waals surface area contributed by atoms with Gasteiger partial charge in [0.1, 0.15) is 11.4 Å². The molecular formula is C17H14FN3O2. The fourth-order valence-electron chi connectivity index (χ4n) is 2.45. The Hall–Kier alpha value is -3.02. The second kappa shape index (κ2) is 6.00. The van der Waals surface area contributed by atoms with Gasteiger partial charge in [-0.05, 0) is 24.3 Å². The van der Waals surface area contributed by atoms with Crippen molar-refractivity contribution in [3.8, 4) is 0 Å². The topological polar surface area (TPSA) is 64.0 Å². The first-order valence-corrected chi connectivity index (χ1v) is 7.04. The molecule has 0 aliphatic heterocycles. The molecule has 116 valence electrons. The molecule has 1 amide bonds. The lowest BCUT2D eigenvalue weighted by molar-refractivity contribution is 0.0949. The Bertz CT molecular complexity index is 936. The van der Waals surface area contributed by atoms with Gasteiger partial charge in [0.2, 0.25) is 5.43 Å². The third kappa shape index (κ3) is 2.83. The number of pyridine rings is 2. The van der Waals surface area contributed by atoms with E-state index in [9.17, 15) is 14.0 Å². The van der Waals surface area contributed by atoms with Gasteiger partial charge in [-0.2, -0.15) is 0 Å². The van der Waals surface area contributed by atoms with Gasteiger partial charge in [-0.1, -0.05) is 12.1 Å². The summed E-state index contributed by atoms with van der Waals surface area (Å²) in [5.41, 5.74) is 0.348. The van der Waals surface area contributed by atoms with Crippen LogP contribution in [-0.4, -0.2) is 15.5 Å². The molecule has 2 aromatic heterocycles. The van der Waals surface area contributed by atoms with Crippen molar-refractivity contribution < 1.29 is 9.18 Å². The molecule has 0 radical (unpaired) electrons. The monoisotopic (exact) mass is 311 g/mol. The minimum absolute atomic E-state index is 0.0264. The maximum atomic E-state index is 13.9. The third-order valence-electron chi connectivity index (χ3n) is 3.55. The van der Waals surface area contributed by atoms with Crippen molar-refractivity contribution in [2.75, 3.05) is 0 Å². The highest BCUT2D eigenvalue weighted by molar-refractivity contribution is 5.97. The second-order valence-electron chi connectivity index (χ2n) is 5.12. The Morgan fingerprint density at radius 2 is 2.09 bits per heavy atom. The SMILES string of the molecule is Cn1cc(C(=O)NCc2ccccn2)c(=O)c2cccc(F)c21. The first-order valence-electron chi connectivity index (χ1n) is 7.04. The fraction of sp³-hybridized carbons (Fsp3) is 0.118. The molecule has 0 saturated carbocycles. The first kappa shape index (κ1) is 14.9. The van der Waals surface area contributed by atoms with Crippen molar-refractivity contribution in [2.45, 2.75) is 6.54 Å². The van der Waals surface area contributed by atoms with E-state index in [0.29, 0.717) is 5.69 Å². The molecule has 0 aliphatic carbocycles. The number of halogens is 1. The van der Waals surface area contributed by atoms with E-state index >= 15 is 0 Å². The molecule has 3 aromatic rings. The molecule has 1 N–H and O–H groups in total. The van der Waals surface area contributed by atoms with E-state index in [0.717, 1.165) is 0 Å². The van der Waals surface area contributed by atoms with Gasteiger partial charge >= 0.3 is 0 Å². The molecular weight excluding hydrogens is 297 g/mol. The van der Waals surface area contributed by atoms with E-state index < -0.39 is 17.2 Å². The van der Waals surface area contributed by atoms with Crippen LogP contribution in [0.5, 0.6) is 0 Å². The van der Waals surface area contributed by atoms with Crippen LogP contribution >= 0.6 is 0 Å². The Balaban J connectivity index is 1.95. The van der Waals surface area contributed by atoms with Crippen LogP contribution in [0.25, 0.3) is 10.9 Å². The van der Waals surface area contributed by atoms with Crippen molar-refractivity contribution in [3.63, 3.8) is 0 Å². The van der Waals surface area contributed by atoms with Crippen LogP contribution in [-0.2, 0) is 13.6 Å². The number of carbonyl (C=O) groups is 1. The summed E-state index contributed by atoms with van der Waals surface area (Å²) >= 11 is 0. The zero-order chi connectivity index (χ0) is 16.4. The van der Waals surface area contributed by atoms with Gasteiger partial charge < -0.3 is 9.88 Å². The normalized spacial score (nSPS) is 10.7. The number of amides is 1. The number of hydrogen-bond donors (Lipinski definition) is 1. The van der Waals surface area contributed by atoms with Gasteiger partial charge in [0.25, 0.3) is 5.91 Å². The maximum Gasteiger partial charge on any atom is 0.257 e. The van der Waals surface area contributed by atoms with Gasteiger partial charge in [0, 0.05) is 24.8 Å². The highest BCUT2D eigenvalue weighted by atomic mass is 19.1. The van der Waals surface area contributed by atoms with Crippen LogP contribution in [0.15, 0.2) is 53.6 Å². The molecule has 0 fully saturated rings. The lowest BCUT2D eigenvalue weighted by Gasteiger charge is -2.10. The predicted octanol–water partition coefficient (Wildman–Crippen LogP) is 2.00. The summed E-state index contributed by atoms with van der Waals surface area (Å²) < 4.78 is 15.3. The lowest BCUT2D eigenvalue weighted by Crippen LogP contribution is -2.29. The minimum atomic E-state index is -0.512. The average Bonchev–Trinajstić information content (AvgIpc) is 2.56. The Morgan fingerprint density at radius 3 is 2.83 bits per heavy atom. The number of fused-ring (bicyclic) bond motifs is 1. The predicted molar refractivity (Wildman–Crippen MR) is 84.6 cm³/mol. The maximum absolute atomic E-state index is 13.9. The number of nitrogens with one attached hydrogen (secondary N) is 1. The minimum Gasteiger partial charge on any atom is -0.347 e. The first-order chi connectivity index (χ1) is 11.1. The van der Waals surface area contributed by atoms with E-state index in [1.54, 1.807) is 25.4 Å². The Labute approximate surface area is 131 Å². The van der Waals surface area contributed by atoms with Crippen molar-refractivity contribution >= 4 is 16.8 Å². The van der Waals surface area contributed by atoms with Crippen LogP contribution in [0.1, 0.15) is 16.1 Å². The lowest BCUT2D eigenvalue weighted by atomic mass is 10.1. The number of benzene rings is 1. The van der Waals surface area contributed by atoms with E-state index in [1.165, 1.54) is 29.0 Å². The quantitative estimate of drug-likeness (QED) is 0.804. The summed E-state index contributed by atoms with van der Waals surface area (Å²) in [6.45, 7) is 0.212. The van der Waals surface area contributed by atoms with Crippen LogP contribution in [0.4, 0.5) is 4.39 Å². The molecule has 0 unspecified atom stereocenters. The van der Waals surface area contributed by atoms with Crippen LogP contribution in [0.3, 0.4) is 0 Å². The molecule has 5 nitrogen and oxygen atoms in total. The average molecular weight is 311 g/mol. The number of para-hydroxylation sites is 1. The molecule has 0 atom stereocenters. The summed E-state index contributed by atoms with van der Waals surface area (Å²) in [5.74, 6) is -1.01. The molecule has 3 rings (SSSR count). The molecule has 0 spiro atoms. The summed E-state index contributed by atoms with van der Waals surface area (Å²) in [5, 5.41) is 2.83.